The standard InChI is InChI=1S/C36H48N6O4/c1-4-7-11-31(6-3)39-32-14-13-29(36(43)40-44)24-33(32)37-25-28-12-15-35(38-26-28)46-27-30(16-19-41-17-8-9-18-41)34(10-5-2)42-20-22-45-23-21-42/h5,10,12-16,24-26,31,39H,2,4,6-9,11,17-23,27H2,1,3H3/b30-16-,34-10+,37-25?. The molecule has 2 aliphatic heterocycles. The first-order chi connectivity index (χ1) is 22.5. The van der Waals surface area contributed by atoms with Gasteiger partial charge in [0.25, 0.3) is 0 Å². The predicted octanol–water partition coefficient (Wildman–Crippen LogP) is 6.92. The van der Waals surface area contributed by atoms with Gasteiger partial charge in [-0.25, -0.2) is 4.98 Å². The van der Waals surface area contributed by atoms with Crippen LogP contribution in [0, 0.1) is 4.91 Å². The lowest BCUT2D eigenvalue weighted by atomic mass is 10.1. The van der Waals surface area contributed by atoms with E-state index in [9.17, 15) is 9.70 Å². The average molecular weight is 629 g/mol. The molecule has 2 saturated heterocycles. The van der Waals surface area contributed by atoms with Gasteiger partial charge in [0.2, 0.25) is 5.88 Å². The number of allylic oxidation sites excluding steroid dienone is 2. The lowest BCUT2D eigenvalue weighted by Crippen LogP contribution is -2.37. The van der Waals surface area contributed by atoms with Gasteiger partial charge >= 0.3 is 5.91 Å². The number of aromatic nitrogens is 1. The molecule has 10 heteroatoms. The Morgan fingerprint density at radius 3 is 2.63 bits per heavy atom. The van der Waals surface area contributed by atoms with Crippen LogP contribution in [0.2, 0.25) is 0 Å². The number of unbranched alkanes of at least 4 members (excludes halogenated alkanes) is 1. The van der Waals surface area contributed by atoms with E-state index >= 15 is 0 Å². The van der Waals surface area contributed by atoms with E-state index in [0.717, 1.165) is 80.9 Å². The van der Waals surface area contributed by atoms with Crippen LogP contribution in [0.1, 0.15) is 68.3 Å². The molecule has 0 radical (unpaired) electrons. The number of aliphatic imine (C=N–C) groups is 1. The van der Waals surface area contributed by atoms with E-state index in [2.05, 4.69) is 62.8 Å². The number of carbonyl (C=O) groups excluding carboxylic acids is 1. The highest BCUT2D eigenvalue weighted by atomic mass is 16.5. The first-order valence-corrected chi connectivity index (χ1v) is 16.5. The fourth-order valence-corrected chi connectivity index (χ4v) is 5.62. The summed E-state index contributed by atoms with van der Waals surface area (Å²) in [4.78, 5) is 36.9. The molecule has 1 N–H and O–H groups in total. The highest BCUT2D eigenvalue weighted by Crippen LogP contribution is 2.29. The largest absolute Gasteiger partial charge is 0.473 e. The van der Waals surface area contributed by atoms with Crippen molar-refractivity contribution in [2.45, 2.75) is 58.4 Å². The molecular formula is C36H48N6O4. The summed E-state index contributed by atoms with van der Waals surface area (Å²) in [5.41, 5.74) is 4.54. The molecule has 2 aromatic rings. The number of amides is 1. The summed E-state index contributed by atoms with van der Waals surface area (Å²) in [7, 11) is 0. The minimum absolute atomic E-state index is 0.201. The summed E-state index contributed by atoms with van der Waals surface area (Å²) in [6.45, 7) is 14.8. The number of pyridine rings is 1. The van der Waals surface area contributed by atoms with E-state index in [1.54, 1.807) is 30.6 Å². The van der Waals surface area contributed by atoms with Crippen molar-refractivity contribution >= 4 is 23.5 Å². The van der Waals surface area contributed by atoms with Crippen molar-refractivity contribution in [2.24, 2.45) is 10.2 Å². The van der Waals surface area contributed by atoms with Gasteiger partial charge in [-0.05, 0) is 69.1 Å². The van der Waals surface area contributed by atoms with Crippen LogP contribution in [-0.4, -0.2) is 85.5 Å². The summed E-state index contributed by atoms with van der Waals surface area (Å²) in [6.07, 6.45) is 16.3. The maximum atomic E-state index is 12.0. The van der Waals surface area contributed by atoms with Gasteiger partial charge in [-0.1, -0.05) is 45.4 Å². The van der Waals surface area contributed by atoms with Gasteiger partial charge in [0.15, 0.2) is 0 Å². The molecule has 2 fully saturated rings. The number of ether oxygens (including phenoxy) is 2. The van der Waals surface area contributed by atoms with E-state index in [4.69, 9.17) is 9.47 Å². The molecule has 1 unspecified atom stereocenters. The highest BCUT2D eigenvalue weighted by molar-refractivity contribution is 5.97. The number of hydrogen-bond donors (Lipinski definition) is 1. The Labute approximate surface area is 273 Å². The minimum atomic E-state index is -0.822. The summed E-state index contributed by atoms with van der Waals surface area (Å²) in [6, 6.07) is 8.99. The second-order valence-corrected chi connectivity index (χ2v) is 11.6. The molecule has 10 nitrogen and oxygen atoms in total. The van der Waals surface area contributed by atoms with E-state index in [0.29, 0.717) is 31.4 Å². The zero-order valence-corrected chi connectivity index (χ0v) is 27.3. The number of rotatable bonds is 17. The molecule has 0 aliphatic carbocycles. The molecule has 1 aromatic heterocycles. The predicted molar refractivity (Wildman–Crippen MR) is 185 cm³/mol. The molecule has 2 aliphatic rings. The quantitative estimate of drug-likeness (QED) is 0.114. The van der Waals surface area contributed by atoms with Gasteiger partial charge < -0.3 is 19.7 Å². The van der Waals surface area contributed by atoms with Crippen LogP contribution in [0.4, 0.5) is 11.4 Å². The van der Waals surface area contributed by atoms with Crippen LogP contribution >= 0.6 is 0 Å². The molecule has 4 rings (SSSR count). The van der Waals surface area contributed by atoms with Gasteiger partial charge in [0, 0.05) is 71.7 Å². The smallest absolute Gasteiger partial charge is 0.316 e. The number of hydrogen-bond acceptors (Lipinski definition) is 9. The number of carbonyl (C=O) groups is 1. The number of nitrogens with zero attached hydrogens (tertiary/aromatic N) is 5. The second-order valence-electron chi connectivity index (χ2n) is 11.6. The SMILES string of the molecule is C=C/C=C(\C(=C/CN1CCCC1)COc1ccc(C=Nc2cc(C(=O)N=O)ccc2NC(CC)CCCC)cn1)N1CCOCC1. The monoisotopic (exact) mass is 628 g/mol. The van der Waals surface area contributed by atoms with Gasteiger partial charge in [-0.3, -0.25) is 14.7 Å². The van der Waals surface area contributed by atoms with Gasteiger partial charge in [0.05, 0.1) is 24.6 Å². The normalized spacial score (nSPS) is 16.9. The van der Waals surface area contributed by atoms with Crippen molar-refractivity contribution in [3.63, 3.8) is 0 Å². The van der Waals surface area contributed by atoms with E-state index in [1.807, 2.05) is 18.2 Å². The lowest BCUT2D eigenvalue weighted by Gasteiger charge is -2.32. The van der Waals surface area contributed by atoms with Crippen LogP contribution in [0.15, 0.2) is 82.8 Å². The van der Waals surface area contributed by atoms with Crippen LogP contribution in [-0.2, 0) is 4.74 Å². The van der Waals surface area contributed by atoms with Crippen molar-refractivity contribution in [1.29, 1.82) is 0 Å². The number of likely N-dealkylation sites (tertiary alicyclic amines) is 1. The summed E-state index contributed by atoms with van der Waals surface area (Å²) >= 11 is 0. The summed E-state index contributed by atoms with van der Waals surface area (Å²) in [5, 5.41) is 6.14. The molecule has 0 saturated carbocycles. The molecule has 46 heavy (non-hydrogen) atoms. The molecule has 0 bridgehead atoms. The molecule has 246 valence electrons. The molecular weight excluding hydrogens is 580 g/mol. The zero-order valence-electron chi connectivity index (χ0n) is 27.3. The van der Waals surface area contributed by atoms with Crippen LogP contribution in [0.3, 0.4) is 0 Å². The third kappa shape index (κ3) is 10.5. The highest BCUT2D eigenvalue weighted by Gasteiger charge is 2.19. The number of morpholine rings is 1. The van der Waals surface area contributed by atoms with Crippen LogP contribution in [0.5, 0.6) is 5.88 Å². The Bertz CT molecular complexity index is 1380. The third-order valence-corrected chi connectivity index (χ3v) is 8.32. The maximum Gasteiger partial charge on any atom is 0.316 e. The topological polar surface area (TPSA) is 109 Å². The Morgan fingerprint density at radius 1 is 1.15 bits per heavy atom. The van der Waals surface area contributed by atoms with Crippen molar-refractivity contribution in [1.82, 2.24) is 14.8 Å². The minimum Gasteiger partial charge on any atom is -0.473 e. The zero-order chi connectivity index (χ0) is 32.6. The number of benzene rings is 1. The van der Waals surface area contributed by atoms with E-state index in [-0.39, 0.29) is 11.6 Å². The van der Waals surface area contributed by atoms with Crippen molar-refractivity contribution in [3.8, 4) is 5.88 Å². The van der Waals surface area contributed by atoms with E-state index < -0.39 is 5.91 Å². The van der Waals surface area contributed by atoms with Crippen LogP contribution < -0.4 is 10.1 Å². The Hall–Kier alpha value is -4.15. The van der Waals surface area contributed by atoms with Gasteiger partial charge in [0.1, 0.15) is 6.61 Å². The number of anilines is 1. The first kappa shape index (κ1) is 34.7. The fourth-order valence-electron chi connectivity index (χ4n) is 5.62. The molecule has 1 amide bonds. The summed E-state index contributed by atoms with van der Waals surface area (Å²) < 4.78 is 11.8. The number of nitrogens with one attached hydrogen (secondary N) is 1. The second kappa shape index (κ2) is 18.7. The molecule has 1 aromatic carbocycles. The molecule has 3 heterocycles. The Kier molecular flexibility index (Phi) is 14.1. The maximum absolute atomic E-state index is 12.0. The fraction of sp³-hybridized carbons (Fsp3) is 0.472. The van der Waals surface area contributed by atoms with Gasteiger partial charge in [-0.2, -0.15) is 0 Å². The van der Waals surface area contributed by atoms with Gasteiger partial charge in [-0.15, -0.1) is 4.91 Å². The van der Waals surface area contributed by atoms with E-state index in [1.165, 1.54) is 12.8 Å². The summed E-state index contributed by atoms with van der Waals surface area (Å²) in [5.74, 6) is -0.310. The first-order valence-electron chi connectivity index (χ1n) is 16.5. The van der Waals surface area contributed by atoms with Crippen molar-refractivity contribution < 1.29 is 14.3 Å². The van der Waals surface area contributed by atoms with Crippen molar-refractivity contribution in [2.75, 3.05) is 57.9 Å². The Balaban J connectivity index is 1.48. The lowest BCUT2D eigenvalue weighted by molar-refractivity contribution is 0.0542. The van der Waals surface area contributed by atoms with Crippen molar-refractivity contribution in [3.05, 3.63) is 88.6 Å². The average Bonchev–Trinajstić information content (AvgIpc) is 3.63. The molecule has 0 spiro atoms. The Morgan fingerprint density at radius 2 is 1.96 bits per heavy atom. The van der Waals surface area contributed by atoms with Crippen LogP contribution in [0.25, 0.3) is 0 Å². The third-order valence-electron chi connectivity index (χ3n) is 8.32. The number of nitroso groups, excluding NO2 is 1. The molecule has 1 atom stereocenters.